The van der Waals surface area contributed by atoms with E-state index in [1.165, 1.54) is 4.73 Å². The standard InChI is InChI=1S/C27H27N2O3/c1-19-15-22(9-12-28-19)26-25-8-7-24(32-18-20-5-3-2-4-6-20)16-23(25)17-29(30)27(26)21-10-13-31-14-11-21/h2-9,12,15-17,21,30H,10-11,13-14,18H2,1H3/q+1. The lowest BCUT2D eigenvalue weighted by atomic mass is 9.87. The molecule has 0 unspecified atom stereocenters. The van der Waals surface area contributed by atoms with Gasteiger partial charge in [-0.2, -0.15) is 0 Å². The summed E-state index contributed by atoms with van der Waals surface area (Å²) >= 11 is 0. The summed E-state index contributed by atoms with van der Waals surface area (Å²) < 4.78 is 12.9. The zero-order valence-corrected chi connectivity index (χ0v) is 18.2. The Morgan fingerprint density at radius 3 is 2.66 bits per heavy atom. The first-order chi connectivity index (χ1) is 15.7. The molecule has 5 nitrogen and oxygen atoms in total. The van der Waals surface area contributed by atoms with Crippen molar-refractivity contribution in [3.8, 4) is 16.9 Å². The lowest BCUT2D eigenvalue weighted by molar-refractivity contribution is -0.909. The predicted molar refractivity (Wildman–Crippen MR) is 123 cm³/mol. The summed E-state index contributed by atoms with van der Waals surface area (Å²) in [6.07, 6.45) is 5.41. The van der Waals surface area contributed by atoms with Gasteiger partial charge in [0.15, 0.2) is 0 Å². The lowest BCUT2D eigenvalue weighted by Crippen LogP contribution is -2.38. The number of benzene rings is 2. The van der Waals surface area contributed by atoms with Crippen molar-refractivity contribution in [3.63, 3.8) is 0 Å². The minimum absolute atomic E-state index is 0.232. The normalized spacial score (nSPS) is 14.5. The fourth-order valence-electron chi connectivity index (χ4n) is 4.53. The minimum atomic E-state index is 0.232. The van der Waals surface area contributed by atoms with Gasteiger partial charge in [0.2, 0.25) is 11.9 Å². The van der Waals surface area contributed by atoms with Crippen LogP contribution in [0, 0.1) is 6.92 Å². The second kappa shape index (κ2) is 8.97. The summed E-state index contributed by atoms with van der Waals surface area (Å²) in [5.41, 5.74) is 5.11. The van der Waals surface area contributed by atoms with E-state index in [-0.39, 0.29) is 5.92 Å². The number of rotatable bonds is 5. The van der Waals surface area contributed by atoms with Gasteiger partial charge in [-0.25, -0.2) is 0 Å². The number of hydrogen-bond donors (Lipinski definition) is 1. The number of aromatic nitrogens is 2. The van der Waals surface area contributed by atoms with Gasteiger partial charge in [-0.15, -0.1) is 0 Å². The summed E-state index contributed by atoms with van der Waals surface area (Å²) in [5, 5.41) is 13.1. The van der Waals surface area contributed by atoms with Crippen LogP contribution >= 0.6 is 0 Å². The number of aryl methyl sites for hydroxylation is 1. The van der Waals surface area contributed by atoms with E-state index >= 15 is 0 Å². The van der Waals surface area contributed by atoms with Gasteiger partial charge in [0.25, 0.3) is 0 Å². The van der Waals surface area contributed by atoms with Crippen molar-refractivity contribution in [2.45, 2.75) is 32.3 Å². The van der Waals surface area contributed by atoms with Crippen molar-refractivity contribution in [2.24, 2.45) is 0 Å². The van der Waals surface area contributed by atoms with Crippen molar-refractivity contribution in [1.29, 1.82) is 0 Å². The summed E-state index contributed by atoms with van der Waals surface area (Å²) in [4.78, 5) is 4.37. The Labute approximate surface area is 187 Å². The molecule has 162 valence electrons. The Kier molecular flexibility index (Phi) is 5.73. The molecule has 0 atom stereocenters. The van der Waals surface area contributed by atoms with E-state index in [9.17, 15) is 5.21 Å². The molecule has 2 aromatic carbocycles. The minimum Gasteiger partial charge on any atom is -0.489 e. The molecule has 0 aliphatic carbocycles. The van der Waals surface area contributed by atoms with Gasteiger partial charge in [0.05, 0.1) is 16.9 Å². The highest BCUT2D eigenvalue weighted by Gasteiger charge is 2.31. The number of fused-ring (bicyclic) bond motifs is 1. The van der Waals surface area contributed by atoms with Crippen LogP contribution in [-0.4, -0.2) is 23.4 Å². The van der Waals surface area contributed by atoms with Crippen LogP contribution in [0.2, 0.25) is 0 Å². The molecular formula is C27H27N2O3+. The van der Waals surface area contributed by atoms with Gasteiger partial charge in [-0.3, -0.25) is 10.2 Å². The highest BCUT2D eigenvalue weighted by Crippen LogP contribution is 2.38. The molecule has 0 amide bonds. The van der Waals surface area contributed by atoms with Gasteiger partial charge in [-0.05, 0) is 61.2 Å². The average molecular weight is 428 g/mol. The molecule has 0 spiro atoms. The van der Waals surface area contributed by atoms with E-state index in [0.29, 0.717) is 19.8 Å². The Balaban J connectivity index is 1.60. The van der Waals surface area contributed by atoms with Crippen molar-refractivity contribution >= 4 is 10.8 Å². The molecule has 4 aromatic rings. The molecule has 5 rings (SSSR count). The molecule has 1 aliphatic rings. The topological polar surface area (TPSA) is 55.5 Å². The summed E-state index contributed by atoms with van der Waals surface area (Å²) in [6, 6.07) is 20.3. The second-order valence-corrected chi connectivity index (χ2v) is 8.33. The summed E-state index contributed by atoms with van der Waals surface area (Å²) in [6.45, 7) is 3.92. The quantitative estimate of drug-likeness (QED) is 0.351. The van der Waals surface area contributed by atoms with Crippen LogP contribution in [0.25, 0.3) is 21.9 Å². The Hall–Kier alpha value is -3.44. The molecule has 2 aromatic heterocycles. The SMILES string of the molecule is Cc1cc(-c2c(C3CCOCC3)[n+](O)cc3cc(OCc4ccccc4)ccc23)ccn1. The van der Waals surface area contributed by atoms with Crippen LogP contribution in [0.1, 0.15) is 35.7 Å². The fourth-order valence-corrected chi connectivity index (χ4v) is 4.53. The van der Waals surface area contributed by atoms with Crippen LogP contribution < -0.4 is 9.47 Å². The maximum Gasteiger partial charge on any atom is 0.245 e. The average Bonchev–Trinajstić information content (AvgIpc) is 2.83. The van der Waals surface area contributed by atoms with E-state index in [1.54, 1.807) is 6.20 Å². The molecule has 0 bridgehead atoms. The van der Waals surface area contributed by atoms with Crippen molar-refractivity contribution < 1.29 is 19.4 Å². The zero-order valence-electron chi connectivity index (χ0n) is 18.2. The third-order valence-electron chi connectivity index (χ3n) is 6.10. The van der Waals surface area contributed by atoms with Crippen LogP contribution in [-0.2, 0) is 11.3 Å². The number of pyridine rings is 2. The summed E-state index contributed by atoms with van der Waals surface area (Å²) in [5.74, 6) is 1.01. The Morgan fingerprint density at radius 2 is 1.88 bits per heavy atom. The highest BCUT2D eigenvalue weighted by atomic mass is 16.5. The molecule has 3 heterocycles. The molecule has 5 heteroatoms. The van der Waals surface area contributed by atoms with Crippen molar-refractivity contribution in [3.05, 3.63) is 90.0 Å². The molecule has 1 saturated heterocycles. The fraction of sp³-hybridized carbons (Fsp3) is 0.259. The highest BCUT2D eigenvalue weighted by molar-refractivity contribution is 5.97. The Bertz CT molecular complexity index is 1230. The first kappa shape index (κ1) is 20.5. The largest absolute Gasteiger partial charge is 0.489 e. The van der Waals surface area contributed by atoms with Crippen LogP contribution in [0.3, 0.4) is 0 Å². The Morgan fingerprint density at radius 1 is 1.06 bits per heavy atom. The number of ether oxygens (including phenoxy) is 2. The second-order valence-electron chi connectivity index (χ2n) is 8.33. The van der Waals surface area contributed by atoms with Gasteiger partial charge < -0.3 is 9.47 Å². The first-order valence-electron chi connectivity index (χ1n) is 11.1. The van der Waals surface area contributed by atoms with Crippen molar-refractivity contribution in [2.75, 3.05) is 13.2 Å². The van der Waals surface area contributed by atoms with Crippen LogP contribution in [0.15, 0.2) is 73.1 Å². The van der Waals surface area contributed by atoms with Crippen LogP contribution in [0.5, 0.6) is 5.75 Å². The molecule has 1 aliphatic heterocycles. The molecule has 1 fully saturated rings. The maximum absolute atomic E-state index is 11.1. The van der Waals surface area contributed by atoms with Gasteiger partial charge in [0.1, 0.15) is 12.4 Å². The van der Waals surface area contributed by atoms with Crippen LogP contribution in [0.4, 0.5) is 0 Å². The summed E-state index contributed by atoms with van der Waals surface area (Å²) in [7, 11) is 0. The monoisotopic (exact) mass is 427 g/mol. The smallest absolute Gasteiger partial charge is 0.245 e. The number of nitrogens with zero attached hydrogens (tertiary/aromatic N) is 2. The molecular weight excluding hydrogens is 400 g/mol. The molecule has 0 radical (unpaired) electrons. The van der Waals surface area contributed by atoms with Crippen molar-refractivity contribution in [1.82, 2.24) is 4.98 Å². The zero-order chi connectivity index (χ0) is 21.9. The van der Waals surface area contributed by atoms with E-state index in [0.717, 1.165) is 57.4 Å². The van der Waals surface area contributed by atoms with E-state index in [2.05, 4.69) is 17.1 Å². The van der Waals surface area contributed by atoms with E-state index < -0.39 is 0 Å². The predicted octanol–water partition coefficient (Wildman–Crippen LogP) is 5.21. The van der Waals surface area contributed by atoms with E-state index in [4.69, 9.17) is 9.47 Å². The third-order valence-corrected chi connectivity index (χ3v) is 6.10. The van der Waals surface area contributed by atoms with Gasteiger partial charge in [0, 0.05) is 35.2 Å². The molecule has 0 saturated carbocycles. The van der Waals surface area contributed by atoms with Gasteiger partial charge >= 0.3 is 0 Å². The maximum atomic E-state index is 11.1. The molecule has 32 heavy (non-hydrogen) atoms. The molecule has 1 N–H and O–H groups in total. The number of hydrogen-bond acceptors (Lipinski definition) is 4. The van der Waals surface area contributed by atoms with E-state index in [1.807, 2.05) is 61.7 Å². The first-order valence-corrected chi connectivity index (χ1v) is 11.1. The van der Waals surface area contributed by atoms with Gasteiger partial charge in [-0.1, -0.05) is 30.3 Å². The third kappa shape index (κ3) is 4.16. The lowest BCUT2D eigenvalue weighted by Gasteiger charge is -2.22.